The summed E-state index contributed by atoms with van der Waals surface area (Å²) < 4.78 is 53.9. The summed E-state index contributed by atoms with van der Waals surface area (Å²) in [5.74, 6) is 1.18. The van der Waals surface area contributed by atoms with Crippen molar-refractivity contribution in [1.29, 1.82) is 5.26 Å². The van der Waals surface area contributed by atoms with Crippen molar-refractivity contribution < 1.29 is 22.3 Å². The second-order valence-electron chi connectivity index (χ2n) is 9.20. The summed E-state index contributed by atoms with van der Waals surface area (Å²) in [5.41, 5.74) is 2.44. The molecule has 0 N–H and O–H groups in total. The Morgan fingerprint density at radius 2 is 1.56 bits per heavy atom. The lowest BCUT2D eigenvalue weighted by molar-refractivity contribution is -0.274. The van der Waals surface area contributed by atoms with Crippen LogP contribution < -0.4 is 4.74 Å². The van der Waals surface area contributed by atoms with Crippen LogP contribution in [0, 0.1) is 29.1 Å². The van der Waals surface area contributed by atoms with E-state index in [2.05, 4.69) is 11.3 Å². The Balaban J connectivity index is 1.42. The number of alkyl halides is 3. The third-order valence-electron chi connectivity index (χ3n) is 7.21. The van der Waals surface area contributed by atoms with E-state index in [1.807, 2.05) is 0 Å². The van der Waals surface area contributed by atoms with E-state index >= 15 is 0 Å². The molecule has 3 rings (SSSR count). The molecule has 1 aromatic rings. The predicted molar refractivity (Wildman–Crippen MR) is 116 cm³/mol. The molecule has 0 bridgehead atoms. The minimum atomic E-state index is -4.66. The van der Waals surface area contributed by atoms with E-state index in [-0.39, 0.29) is 5.75 Å². The van der Waals surface area contributed by atoms with Gasteiger partial charge in [-0.25, -0.2) is 0 Å². The lowest BCUT2D eigenvalue weighted by atomic mass is 9.69. The van der Waals surface area contributed by atoms with Crippen LogP contribution in [0.3, 0.4) is 0 Å². The quantitative estimate of drug-likeness (QED) is 0.238. The molecule has 0 heterocycles. The smallest absolute Gasteiger partial charge is 0.406 e. The normalized spacial score (nSPS) is 26.9. The highest BCUT2D eigenvalue weighted by molar-refractivity contribution is 5.30. The fourth-order valence-corrected chi connectivity index (χ4v) is 5.39. The third kappa shape index (κ3) is 7.12. The summed E-state index contributed by atoms with van der Waals surface area (Å²) >= 11 is 0. The number of ether oxygens (including phenoxy) is 1. The zero-order valence-corrected chi connectivity index (χ0v) is 18.3. The number of halogens is 4. The molecule has 2 aliphatic carbocycles. The number of hydrogen-bond donors (Lipinski definition) is 0. The van der Waals surface area contributed by atoms with E-state index < -0.39 is 12.2 Å². The van der Waals surface area contributed by atoms with Gasteiger partial charge in [-0.1, -0.05) is 24.3 Å². The molecule has 2 nitrogen and oxygen atoms in total. The van der Waals surface area contributed by atoms with Gasteiger partial charge in [0.1, 0.15) is 11.8 Å². The van der Waals surface area contributed by atoms with Crippen LogP contribution in [0.1, 0.15) is 75.7 Å². The third-order valence-corrected chi connectivity index (χ3v) is 7.21. The average Bonchev–Trinajstić information content (AvgIpc) is 2.78. The molecule has 0 amide bonds. The Kier molecular flexibility index (Phi) is 8.39. The maximum absolute atomic E-state index is 12.9. The highest BCUT2D eigenvalue weighted by atomic mass is 19.4. The molecule has 2 saturated carbocycles. The van der Waals surface area contributed by atoms with Gasteiger partial charge in [-0.3, -0.25) is 0 Å². The van der Waals surface area contributed by atoms with Gasteiger partial charge in [0.15, 0.2) is 5.83 Å². The van der Waals surface area contributed by atoms with Crippen molar-refractivity contribution in [3.8, 4) is 11.8 Å². The Labute approximate surface area is 188 Å². The molecular weight excluding hydrogens is 418 g/mol. The number of allylic oxidation sites excluding steroid dienone is 3. The van der Waals surface area contributed by atoms with Gasteiger partial charge in [-0.05, 0) is 112 Å². The van der Waals surface area contributed by atoms with Gasteiger partial charge in [0.25, 0.3) is 0 Å². The highest BCUT2D eigenvalue weighted by Gasteiger charge is 2.32. The zero-order valence-electron chi connectivity index (χ0n) is 18.3. The molecular formula is C26H31F4NO. The van der Waals surface area contributed by atoms with E-state index in [9.17, 15) is 17.6 Å². The van der Waals surface area contributed by atoms with Gasteiger partial charge in [-0.2, -0.15) is 9.65 Å². The van der Waals surface area contributed by atoms with Gasteiger partial charge < -0.3 is 4.74 Å². The van der Waals surface area contributed by atoms with Gasteiger partial charge >= 0.3 is 6.36 Å². The van der Waals surface area contributed by atoms with Crippen LogP contribution in [0.5, 0.6) is 5.75 Å². The first kappa shape index (κ1) is 24.4. The SMILES string of the molecule is C=C([C@H]1CC[C@H](CC/C=C(\F)C#N)CC1)[C@H]1CC[C@H](c2ccc(OC(F)(F)F)cc2)CC1. The maximum atomic E-state index is 12.9. The van der Waals surface area contributed by atoms with Crippen LogP contribution >= 0.6 is 0 Å². The molecule has 0 aliphatic heterocycles. The molecule has 0 unspecified atom stereocenters. The number of nitrogens with zero attached hydrogens (tertiary/aromatic N) is 1. The van der Waals surface area contributed by atoms with Gasteiger partial charge in [0.05, 0.1) is 0 Å². The van der Waals surface area contributed by atoms with Crippen molar-refractivity contribution in [3.63, 3.8) is 0 Å². The van der Waals surface area contributed by atoms with Crippen LogP contribution in [0.15, 0.2) is 48.3 Å². The van der Waals surface area contributed by atoms with Crippen molar-refractivity contribution in [1.82, 2.24) is 0 Å². The van der Waals surface area contributed by atoms with Crippen molar-refractivity contribution in [2.45, 2.75) is 76.5 Å². The highest BCUT2D eigenvalue weighted by Crippen LogP contribution is 2.44. The minimum absolute atomic E-state index is 0.176. The Hall–Kier alpha value is -2.29. The molecule has 0 radical (unpaired) electrons. The van der Waals surface area contributed by atoms with Crippen LogP contribution in [-0.2, 0) is 0 Å². The second-order valence-corrected chi connectivity index (χ2v) is 9.20. The van der Waals surface area contributed by atoms with Crippen LogP contribution in [0.25, 0.3) is 0 Å². The average molecular weight is 450 g/mol. The van der Waals surface area contributed by atoms with Crippen LogP contribution in [0.4, 0.5) is 17.6 Å². The Bertz CT molecular complexity index is 821. The topological polar surface area (TPSA) is 33.0 Å². The monoisotopic (exact) mass is 449 g/mol. The van der Waals surface area contributed by atoms with Crippen LogP contribution in [-0.4, -0.2) is 6.36 Å². The maximum Gasteiger partial charge on any atom is 0.573 e. The Morgan fingerprint density at radius 1 is 1.00 bits per heavy atom. The fourth-order valence-electron chi connectivity index (χ4n) is 5.39. The molecule has 0 saturated heterocycles. The van der Waals surface area contributed by atoms with E-state index in [1.54, 1.807) is 12.1 Å². The molecule has 2 aliphatic rings. The minimum Gasteiger partial charge on any atom is -0.406 e. The first-order valence-corrected chi connectivity index (χ1v) is 11.5. The zero-order chi connectivity index (χ0) is 23.1. The van der Waals surface area contributed by atoms with Crippen molar-refractivity contribution >= 4 is 0 Å². The Morgan fingerprint density at radius 3 is 2.09 bits per heavy atom. The summed E-state index contributed by atoms with van der Waals surface area (Å²) in [7, 11) is 0. The second kappa shape index (κ2) is 11.0. The molecule has 0 atom stereocenters. The number of hydrogen-bond acceptors (Lipinski definition) is 2. The fraction of sp³-hybridized carbons (Fsp3) is 0.577. The van der Waals surface area contributed by atoms with E-state index in [0.717, 1.165) is 63.4 Å². The summed E-state index contributed by atoms with van der Waals surface area (Å²) in [6, 6.07) is 7.82. The summed E-state index contributed by atoms with van der Waals surface area (Å²) in [5, 5.41) is 8.48. The standard InChI is InChI=1S/C26H31F4NO/c1-18(20-7-5-19(6-8-20)3-2-4-24(27)17-31)21-9-11-22(12-10-21)23-13-15-25(16-14-23)32-26(28,29)30/h4,13-16,19-22H,1-3,5-12H2/b24-4-/t19-,20-,21-,22-. The van der Waals surface area contributed by atoms with Crippen LogP contribution in [0.2, 0.25) is 0 Å². The van der Waals surface area contributed by atoms with Gasteiger partial charge in [-0.15, -0.1) is 13.2 Å². The molecule has 32 heavy (non-hydrogen) atoms. The van der Waals surface area contributed by atoms with Crippen molar-refractivity contribution in [3.05, 3.63) is 53.9 Å². The van der Waals surface area contributed by atoms with Crippen molar-refractivity contribution in [2.24, 2.45) is 17.8 Å². The van der Waals surface area contributed by atoms with Gasteiger partial charge in [0, 0.05) is 0 Å². The summed E-state index contributed by atoms with van der Waals surface area (Å²) in [6.07, 6.45) is 7.01. The van der Waals surface area contributed by atoms with E-state index in [0.29, 0.717) is 30.1 Å². The number of rotatable bonds is 7. The first-order valence-electron chi connectivity index (χ1n) is 11.5. The van der Waals surface area contributed by atoms with Crippen molar-refractivity contribution in [2.75, 3.05) is 0 Å². The first-order chi connectivity index (χ1) is 15.2. The summed E-state index contributed by atoms with van der Waals surface area (Å²) in [4.78, 5) is 0. The molecule has 2 fully saturated rings. The lowest BCUT2D eigenvalue weighted by Crippen LogP contribution is -2.22. The molecule has 1 aromatic carbocycles. The lowest BCUT2D eigenvalue weighted by Gasteiger charge is -2.36. The van der Waals surface area contributed by atoms with E-state index in [4.69, 9.17) is 5.26 Å². The molecule has 6 heteroatoms. The molecule has 0 aromatic heterocycles. The number of nitriles is 1. The molecule has 0 spiro atoms. The van der Waals surface area contributed by atoms with Gasteiger partial charge in [0.2, 0.25) is 0 Å². The number of benzene rings is 1. The molecule has 174 valence electrons. The summed E-state index contributed by atoms with van der Waals surface area (Å²) in [6.45, 7) is 4.45. The predicted octanol–water partition coefficient (Wildman–Crippen LogP) is 8.38. The van der Waals surface area contributed by atoms with E-state index in [1.165, 1.54) is 29.9 Å². The largest absolute Gasteiger partial charge is 0.573 e.